The maximum Gasteiger partial charge on any atom is 0.305 e. The SMILES string of the molecule is CCCCC/C=C\C/C=C\CCCCCCCC(=O)OCCCCCCCCCCCCCCCCCCCCCCCCCCCCCCCCC(=O)NC(CO)C(O)CCCCCCCCCCCCCCCCCCCCCC. The van der Waals surface area contributed by atoms with E-state index in [1.165, 1.54) is 340 Å². The molecule has 0 aromatic carbocycles. The van der Waals surface area contributed by atoms with Gasteiger partial charge in [0.15, 0.2) is 0 Å². The van der Waals surface area contributed by atoms with Gasteiger partial charge in [-0.3, -0.25) is 9.59 Å². The Morgan fingerprint density at radius 2 is 0.610 bits per heavy atom. The van der Waals surface area contributed by atoms with Gasteiger partial charge >= 0.3 is 5.97 Å². The van der Waals surface area contributed by atoms with E-state index in [9.17, 15) is 19.8 Å². The predicted molar refractivity (Wildman–Crippen MR) is 361 cm³/mol. The third-order valence-corrected chi connectivity index (χ3v) is 17.8. The summed E-state index contributed by atoms with van der Waals surface area (Å²) in [6.45, 7) is 4.97. The first kappa shape index (κ1) is 80.3. The van der Waals surface area contributed by atoms with Crippen molar-refractivity contribution in [1.29, 1.82) is 0 Å². The summed E-state index contributed by atoms with van der Waals surface area (Å²) in [5.41, 5.74) is 0. The molecule has 82 heavy (non-hydrogen) atoms. The number of hydrogen-bond donors (Lipinski definition) is 3. The molecule has 0 saturated carbocycles. The van der Waals surface area contributed by atoms with E-state index in [4.69, 9.17) is 4.74 Å². The van der Waals surface area contributed by atoms with Crippen molar-refractivity contribution in [2.24, 2.45) is 0 Å². The van der Waals surface area contributed by atoms with Gasteiger partial charge in [-0.2, -0.15) is 0 Å². The van der Waals surface area contributed by atoms with Crippen molar-refractivity contribution in [3.63, 3.8) is 0 Å². The van der Waals surface area contributed by atoms with Crippen LogP contribution in [0.15, 0.2) is 24.3 Å². The van der Waals surface area contributed by atoms with E-state index in [1.807, 2.05) is 0 Å². The quantitative estimate of drug-likeness (QED) is 0.0320. The topological polar surface area (TPSA) is 95.9 Å². The Kier molecular flexibility index (Phi) is 70.4. The monoisotopic (exact) mass is 1150 g/mol. The minimum Gasteiger partial charge on any atom is -0.466 e. The van der Waals surface area contributed by atoms with Crippen LogP contribution in [0.2, 0.25) is 0 Å². The number of carbonyl (C=O) groups excluding carboxylic acids is 2. The largest absolute Gasteiger partial charge is 0.466 e. The lowest BCUT2D eigenvalue weighted by molar-refractivity contribution is -0.143. The second-order valence-corrected chi connectivity index (χ2v) is 26.0. The summed E-state index contributed by atoms with van der Waals surface area (Å²) in [6.07, 6.45) is 91.0. The first-order valence-electron chi connectivity index (χ1n) is 37.6. The number of carbonyl (C=O) groups is 2. The van der Waals surface area contributed by atoms with Crippen LogP contribution in [0.5, 0.6) is 0 Å². The summed E-state index contributed by atoms with van der Waals surface area (Å²) < 4.78 is 5.49. The molecule has 0 spiro atoms. The molecule has 3 N–H and O–H groups in total. The highest BCUT2D eigenvalue weighted by atomic mass is 16.5. The number of allylic oxidation sites excluding steroid dienone is 4. The fraction of sp³-hybridized carbons (Fsp3) is 0.921. The predicted octanol–water partition coefficient (Wildman–Crippen LogP) is 24.5. The highest BCUT2D eigenvalue weighted by Crippen LogP contribution is 2.20. The van der Waals surface area contributed by atoms with E-state index < -0.39 is 12.1 Å². The number of rotatable bonds is 71. The van der Waals surface area contributed by atoms with Crippen molar-refractivity contribution in [3.05, 3.63) is 24.3 Å². The Morgan fingerprint density at radius 3 is 0.951 bits per heavy atom. The number of ether oxygens (including phenoxy) is 1. The number of unbranched alkanes of at least 4 members (excludes halogenated alkanes) is 56. The van der Waals surface area contributed by atoms with Crippen LogP contribution in [0.4, 0.5) is 0 Å². The molecule has 0 aliphatic carbocycles. The van der Waals surface area contributed by atoms with E-state index in [2.05, 4.69) is 43.5 Å². The Balaban J connectivity index is 3.34. The minimum absolute atomic E-state index is 0.00690. The van der Waals surface area contributed by atoms with Gasteiger partial charge in [-0.1, -0.05) is 378 Å². The molecule has 0 heterocycles. The number of aliphatic hydroxyl groups excluding tert-OH is 2. The molecule has 0 aromatic rings. The minimum atomic E-state index is -0.662. The first-order valence-corrected chi connectivity index (χ1v) is 37.6. The maximum absolute atomic E-state index is 12.6. The number of amides is 1. The lowest BCUT2D eigenvalue weighted by Crippen LogP contribution is -2.45. The normalized spacial score (nSPS) is 12.6. The Hall–Kier alpha value is -1.66. The molecular weight excluding hydrogens is 1010 g/mol. The van der Waals surface area contributed by atoms with Gasteiger partial charge < -0.3 is 20.3 Å². The second-order valence-electron chi connectivity index (χ2n) is 26.0. The van der Waals surface area contributed by atoms with E-state index >= 15 is 0 Å². The Bertz CT molecular complexity index is 1280. The molecule has 0 fully saturated rings. The summed E-state index contributed by atoms with van der Waals surface area (Å²) in [7, 11) is 0. The third-order valence-electron chi connectivity index (χ3n) is 17.8. The first-order chi connectivity index (χ1) is 40.5. The number of esters is 1. The van der Waals surface area contributed by atoms with E-state index in [1.54, 1.807) is 0 Å². The van der Waals surface area contributed by atoms with Gasteiger partial charge in [0.25, 0.3) is 0 Å². The van der Waals surface area contributed by atoms with Gasteiger partial charge in [0.05, 0.1) is 25.4 Å². The second kappa shape index (κ2) is 71.8. The van der Waals surface area contributed by atoms with Gasteiger partial charge in [0.2, 0.25) is 5.91 Å². The van der Waals surface area contributed by atoms with Gasteiger partial charge in [0.1, 0.15) is 0 Å². The van der Waals surface area contributed by atoms with Crippen LogP contribution in [0, 0.1) is 0 Å². The van der Waals surface area contributed by atoms with Crippen LogP contribution in [-0.2, 0) is 14.3 Å². The molecule has 6 nitrogen and oxygen atoms in total. The van der Waals surface area contributed by atoms with Crippen LogP contribution >= 0.6 is 0 Å². The number of hydrogen-bond acceptors (Lipinski definition) is 5. The zero-order chi connectivity index (χ0) is 59.2. The average Bonchev–Trinajstić information content (AvgIpc) is 3.48. The standard InChI is InChI=1S/C76H147NO5/c1-3-5-7-9-11-13-15-17-19-20-21-34-37-41-44-48-52-56-60-64-68-74(79)73(72-78)77-75(80)69-65-61-57-53-49-45-42-38-35-32-30-28-26-24-22-23-25-27-29-31-33-36-39-43-47-51-55-59-63-67-71-82-76(81)70-66-62-58-54-50-46-40-18-16-14-12-10-8-6-4-2/h12,14,18,40,73-74,78-79H,3-11,13,15-17,19-39,41-72H2,1-2H3,(H,77,80)/b14-12-,40-18-. The van der Waals surface area contributed by atoms with Crippen molar-refractivity contribution >= 4 is 11.9 Å². The van der Waals surface area contributed by atoms with Crippen molar-refractivity contribution in [1.82, 2.24) is 5.32 Å². The zero-order valence-corrected chi connectivity index (χ0v) is 55.8. The van der Waals surface area contributed by atoms with Gasteiger partial charge in [-0.25, -0.2) is 0 Å². The summed E-state index contributed by atoms with van der Waals surface area (Å²) in [5.74, 6) is -0.0195. The van der Waals surface area contributed by atoms with Gasteiger partial charge in [0, 0.05) is 12.8 Å². The molecule has 0 rings (SSSR count). The Labute approximate surface area is 513 Å². The molecule has 486 valence electrons. The number of nitrogens with one attached hydrogen (secondary N) is 1. The maximum atomic E-state index is 12.6. The van der Waals surface area contributed by atoms with Crippen molar-refractivity contribution in [3.8, 4) is 0 Å². The molecule has 2 atom stereocenters. The molecule has 1 amide bonds. The van der Waals surface area contributed by atoms with Gasteiger partial charge in [-0.15, -0.1) is 0 Å². The number of aliphatic hydroxyl groups is 2. The third kappa shape index (κ3) is 67.5. The zero-order valence-electron chi connectivity index (χ0n) is 55.8. The molecule has 0 radical (unpaired) electrons. The lowest BCUT2D eigenvalue weighted by atomic mass is 10.0. The van der Waals surface area contributed by atoms with Crippen LogP contribution in [0.1, 0.15) is 425 Å². The fourth-order valence-electron chi connectivity index (χ4n) is 12.0. The molecule has 2 unspecified atom stereocenters. The fourth-order valence-corrected chi connectivity index (χ4v) is 12.0. The van der Waals surface area contributed by atoms with Crippen LogP contribution in [-0.4, -0.2) is 47.4 Å². The molecule has 6 heteroatoms. The molecule has 0 aliphatic heterocycles. The highest BCUT2D eigenvalue weighted by Gasteiger charge is 2.20. The summed E-state index contributed by atoms with van der Waals surface area (Å²) in [6, 6.07) is -0.539. The summed E-state index contributed by atoms with van der Waals surface area (Å²) in [5, 5.41) is 23.4. The van der Waals surface area contributed by atoms with Crippen LogP contribution < -0.4 is 5.32 Å². The van der Waals surface area contributed by atoms with Crippen LogP contribution in [0.25, 0.3) is 0 Å². The molecule has 0 aliphatic rings. The summed E-state index contributed by atoms with van der Waals surface area (Å²) in [4.78, 5) is 24.6. The summed E-state index contributed by atoms with van der Waals surface area (Å²) >= 11 is 0. The average molecular weight is 1160 g/mol. The molecule has 0 saturated heterocycles. The molecule has 0 aromatic heterocycles. The molecular formula is C76H147NO5. The smallest absolute Gasteiger partial charge is 0.305 e. The van der Waals surface area contributed by atoms with Crippen LogP contribution in [0.3, 0.4) is 0 Å². The van der Waals surface area contributed by atoms with Crippen molar-refractivity contribution in [2.75, 3.05) is 13.2 Å². The van der Waals surface area contributed by atoms with E-state index in [-0.39, 0.29) is 18.5 Å². The highest BCUT2D eigenvalue weighted by molar-refractivity contribution is 5.76. The molecule has 0 bridgehead atoms. The lowest BCUT2D eigenvalue weighted by Gasteiger charge is -2.22. The Morgan fingerprint density at radius 1 is 0.341 bits per heavy atom. The van der Waals surface area contributed by atoms with Crippen molar-refractivity contribution < 1.29 is 24.5 Å². The van der Waals surface area contributed by atoms with Crippen molar-refractivity contribution in [2.45, 2.75) is 437 Å². The van der Waals surface area contributed by atoms with E-state index in [0.717, 1.165) is 51.4 Å². The van der Waals surface area contributed by atoms with Gasteiger partial charge in [-0.05, 0) is 57.8 Å². The van der Waals surface area contributed by atoms with E-state index in [0.29, 0.717) is 25.9 Å².